The second kappa shape index (κ2) is 2.06. The lowest BCUT2D eigenvalue weighted by atomic mass is 10.8. The van der Waals surface area contributed by atoms with Crippen molar-refractivity contribution < 1.29 is 9.68 Å². The van der Waals surface area contributed by atoms with Gasteiger partial charge >= 0.3 is 0 Å². The van der Waals surface area contributed by atoms with E-state index in [1.54, 1.807) is 6.21 Å². The molecule has 0 fully saturated rings. The largest absolute Gasteiger partial charge is 0.307 e. The molecule has 0 spiro atoms. The predicted molar refractivity (Wildman–Crippen MR) is 30.1 cm³/mol. The van der Waals surface area contributed by atoms with Crippen molar-refractivity contribution in [1.82, 2.24) is 16.0 Å². The number of nitrogens with one attached hydrogen (secondary N) is 1. The summed E-state index contributed by atoms with van der Waals surface area (Å²) in [6, 6.07) is 2.46. The van der Waals surface area contributed by atoms with Crippen molar-refractivity contribution in [2.45, 2.75) is 0 Å². The van der Waals surface area contributed by atoms with Gasteiger partial charge in [-0.15, -0.1) is 5.10 Å². The molecular weight excluding hydrogens is 136 g/mol. The van der Waals surface area contributed by atoms with Crippen molar-refractivity contribution in [3.8, 4) is 12.2 Å². The molecule has 0 bridgehead atoms. The van der Waals surface area contributed by atoms with Crippen LogP contribution in [0.4, 0.5) is 0 Å². The predicted octanol–water partition coefficient (Wildman–Crippen LogP) is -1.20. The van der Waals surface area contributed by atoms with Crippen LogP contribution in [0.3, 0.4) is 0 Å². The molecule has 0 amide bonds. The average molecular weight is 140 g/mol. The van der Waals surface area contributed by atoms with Crippen molar-refractivity contribution in [1.29, 1.82) is 0 Å². The van der Waals surface area contributed by atoms with Gasteiger partial charge in [0.15, 0.2) is 6.11 Å². The van der Waals surface area contributed by atoms with E-state index >= 15 is 0 Å². The van der Waals surface area contributed by atoms with Crippen LogP contribution < -0.4 is 5.43 Å². The molecule has 0 aliphatic carbocycles. The molecular formula is C4H4N4O2. The van der Waals surface area contributed by atoms with Gasteiger partial charge in [0.25, 0.3) is 0 Å². The summed E-state index contributed by atoms with van der Waals surface area (Å²) in [6.45, 7) is 0.446. The number of nitrogens with zero attached hydrogens (tertiary/aromatic N) is 3. The fourth-order valence-electron chi connectivity index (χ4n) is 0.573. The smallest absolute Gasteiger partial charge is 0.167 e. The van der Waals surface area contributed by atoms with Gasteiger partial charge in [-0.3, -0.25) is 0 Å². The second-order valence-corrected chi connectivity index (χ2v) is 1.55. The molecule has 6 nitrogen and oxygen atoms in total. The summed E-state index contributed by atoms with van der Waals surface area (Å²) in [4.78, 5) is 9.59. The van der Waals surface area contributed by atoms with Crippen LogP contribution in [0.2, 0.25) is 0 Å². The summed E-state index contributed by atoms with van der Waals surface area (Å²) in [5.41, 5.74) is 2.54. The van der Waals surface area contributed by atoms with E-state index in [1.165, 1.54) is 0 Å². The third kappa shape index (κ3) is 0.737. The Balaban J connectivity index is 1.94. The first-order valence-corrected chi connectivity index (χ1v) is 2.65. The molecule has 0 aromatic rings. The van der Waals surface area contributed by atoms with Crippen molar-refractivity contribution in [3.05, 3.63) is 0 Å². The topological polar surface area (TPSA) is 49.3 Å². The molecule has 10 heavy (non-hydrogen) atoms. The Morgan fingerprint density at radius 3 is 3.30 bits per heavy atom. The number of hydrogen-bond donors (Lipinski definition) is 1. The van der Waals surface area contributed by atoms with Gasteiger partial charge in [-0.05, 0) is 5.28 Å². The second-order valence-electron chi connectivity index (χ2n) is 1.55. The van der Waals surface area contributed by atoms with Crippen LogP contribution in [-0.4, -0.2) is 23.4 Å². The summed E-state index contributed by atoms with van der Waals surface area (Å²) >= 11 is 0. The van der Waals surface area contributed by atoms with Gasteiger partial charge in [0.05, 0.1) is 12.3 Å². The molecule has 2 aliphatic heterocycles. The number of hydrazine groups is 2. The minimum absolute atomic E-state index is 0.446. The SMILES string of the molecule is C1#CON(N2N=CCO2)N1. The van der Waals surface area contributed by atoms with Crippen molar-refractivity contribution in [3.63, 3.8) is 0 Å². The Labute approximate surface area is 56.8 Å². The molecule has 0 unspecified atom stereocenters. The molecule has 0 aromatic carbocycles. The first-order chi connectivity index (χ1) is 4.97. The van der Waals surface area contributed by atoms with Crippen molar-refractivity contribution in [2.75, 3.05) is 6.61 Å². The molecule has 2 heterocycles. The van der Waals surface area contributed by atoms with Crippen molar-refractivity contribution >= 4 is 6.21 Å². The normalized spacial score (nSPS) is 21.8. The number of rotatable bonds is 1. The fraction of sp³-hybridized carbons (Fsp3) is 0.250. The quantitative estimate of drug-likeness (QED) is 0.464. The van der Waals surface area contributed by atoms with Gasteiger partial charge < -0.3 is 4.84 Å². The minimum Gasteiger partial charge on any atom is -0.307 e. The third-order valence-electron chi connectivity index (χ3n) is 0.935. The highest BCUT2D eigenvalue weighted by Crippen LogP contribution is 2.02. The van der Waals surface area contributed by atoms with Gasteiger partial charge in [-0.25, -0.2) is 10.3 Å². The summed E-state index contributed by atoms with van der Waals surface area (Å²) in [7, 11) is 0. The van der Waals surface area contributed by atoms with E-state index in [-0.39, 0.29) is 0 Å². The van der Waals surface area contributed by atoms with E-state index in [0.29, 0.717) is 6.61 Å². The maximum atomic E-state index is 4.91. The average Bonchev–Trinajstić information content (AvgIpc) is 2.59. The molecule has 2 rings (SSSR count). The molecule has 6 heteroatoms. The highest BCUT2D eigenvalue weighted by atomic mass is 16.9. The lowest BCUT2D eigenvalue weighted by molar-refractivity contribution is -0.383. The van der Waals surface area contributed by atoms with Gasteiger partial charge in [-0.1, -0.05) is 0 Å². The Bertz CT molecular complexity index is 207. The highest BCUT2D eigenvalue weighted by molar-refractivity contribution is 5.58. The molecule has 1 N–H and O–H groups in total. The molecule has 0 aromatic heterocycles. The molecule has 2 aliphatic rings. The van der Waals surface area contributed by atoms with E-state index < -0.39 is 0 Å². The Morgan fingerprint density at radius 1 is 1.70 bits per heavy atom. The van der Waals surface area contributed by atoms with Gasteiger partial charge in [0.1, 0.15) is 11.9 Å². The Kier molecular flexibility index (Phi) is 1.10. The van der Waals surface area contributed by atoms with Crippen LogP contribution in [0.25, 0.3) is 0 Å². The van der Waals surface area contributed by atoms with E-state index in [4.69, 9.17) is 4.84 Å². The van der Waals surface area contributed by atoms with E-state index in [0.717, 1.165) is 10.6 Å². The van der Waals surface area contributed by atoms with E-state index in [1.807, 2.05) is 0 Å². The molecule has 52 valence electrons. The Morgan fingerprint density at radius 2 is 2.70 bits per heavy atom. The van der Waals surface area contributed by atoms with Crippen LogP contribution in [-0.2, 0) is 9.68 Å². The van der Waals surface area contributed by atoms with Crippen LogP contribution >= 0.6 is 0 Å². The maximum Gasteiger partial charge on any atom is 0.167 e. The first kappa shape index (κ1) is 5.34. The van der Waals surface area contributed by atoms with Gasteiger partial charge in [0.2, 0.25) is 0 Å². The van der Waals surface area contributed by atoms with Crippen LogP contribution in [0.5, 0.6) is 0 Å². The van der Waals surface area contributed by atoms with E-state index in [2.05, 4.69) is 27.5 Å². The van der Waals surface area contributed by atoms with E-state index in [9.17, 15) is 0 Å². The maximum absolute atomic E-state index is 4.91. The fourth-order valence-corrected chi connectivity index (χ4v) is 0.573. The third-order valence-corrected chi connectivity index (χ3v) is 0.935. The molecule has 0 radical (unpaired) electrons. The highest BCUT2D eigenvalue weighted by Gasteiger charge is 2.19. The summed E-state index contributed by atoms with van der Waals surface area (Å²) in [6.07, 6.45) is 3.92. The lowest BCUT2D eigenvalue weighted by Crippen LogP contribution is -2.41. The van der Waals surface area contributed by atoms with Crippen LogP contribution in [0, 0.1) is 12.2 Å². The number of hydrogen-bond acceptors (Lipinski definition) is 6. The monoisotopic (exact) mass is 140 g/mol. The van der Waals surface area contributed by atoms with Gasteiger partial charge in [0, 0.05) is 0 Å². The van der Waals surface area contributed by atoms with Crippen LogP contribution in [0.1, 0.15) is 0 Å². The zero-order valence-corrected chi connectivity index (χ0v) is 4.94. The summed E-state index contributed by atoms with van der Waals surface area (Å²) in [5, 5.41) is 6.05. The summed E-state index contributed by atoms with van der Waals surface area (Å²) < 4.78 is 0. The zero-order valence-electron chi connectivity index (χ0n) is 4.94. The number of hydrazone groups is 1. The molecule has 0 saturated heterocycles. The summed E-state index contributed by atoms with van der Waals surface area (Å²) in [5.74, 6) is 0. The molecule has 0 saturated carbocycles. The zero-order chi connectivity index (χ0) is 6.81. The minimum atomic E-state index is 0.446. The first-order valence-electron chi connectivity index (χ1n) is 2.65. The molecule has 0 atom stereocenters. The van der Waals surface area contributed by atoms with Crippen molar-refractivity contribution in [2.24, 2.45) is 5.10 Å². The van der Waals surface area contributed by atoms with Crippen LogP contribution in [0.15, 0.2) is 5.10 Å². The lowest BCUT2D eigenvalue weighted by Gasteiger charge is -2.18. The van der Waals surface area contributed by atoms with Gasteiger partial charge in [-0.2, -0.15) is 0 Å². The standard InChI is InChI=1S/C4H4N4O2/c1-3-9-7(5-1)8-6-2-4-10-8/h1,6H,3H2. The Hall–Kier alpha value is -1.45.